The number of carboxylic acids is 1. The maximum absolute atomic E-state index is 11.4. The Balaban J connectivity index is 0.00000144. The number of ketones is 1. The quantitative estimate of drug-likeness (QED) is 0.322. The van der Waals surface area contributed by atoms with E-state index in [4.69, 9.17) is 0 Å². The molecule has 0 saturated carbocycles. The summed E-state index contributed by atoms with van der Waals surface area (Å²) in [6, 6.07) is 1.80. The molecule has 5 nitrogen and oxygen atoms in total. The maximum atomic E-state index is 11.4. The Hall–Kier alpha value is -0.534. The number of pyridine rings is 1. The Morgan fingerprint density at radius 3 is 2.65 bits per heavy atom. The molecule has 0 aliphatic carbocycles. The minimum absolute atomic E-state index is 0. The zero-order chi connectivity index (χ0) is 11.9. The van der Waals surface area contributed by atoms with Crippen molar-refractivity contribution in [3.05, 3.63) is 29.6 Å². The second-order valence-corrected chi connectivity index (χ2v) is 3.60. The molecule has 0 amide bonds. The number of aliphatic carboxylic acids is 1. The monoisotopic (exact) mass is 256 g/mol. The number of carbonyl (C=O) groups excluding carboxylic acids is 2. The van der Waals surface area contributed by atoms with E-state index in [-0.39, 0.29) is 56.9 Å². The summed E-state index contributed by atoms with van der Waals surface area (Å²) in [6.07, 6.45) is 3.01. The third-order valence-electron chi connectivity index (χ3n) is 2.49. The number of carbonyl (C=O) groups is 2. The van der Waals surface area contributed by atoms with E-state index >= 15 is 0 Å². The molecule has 0 fully saturated rings. The molecule has 0 saturated heterocycles. The molecule has 0 spiro atoms. The van der Waals surface area contributed by atoms with Gasteiger partial charge in [-0.15, -0.1) is 0 Å². The molecule has 0 aliphatic rings. The van der Waals surface area contributed by atoms with Crippen molar-refractivity contribution in [3.63, 3.8) is 0 Å². The smallest absolute Gasteiger partial charge is 0.541 e. The summed E-state index contributed by atoms with van der Waals surface area (Å²) in [4.78, 5) is 25.9. The molecule has 0 radical (unpaired) electrons. The third kappa shape index (κ3) is 2.50. The van der Waals surface area contributed by atoms with Crippen LogP contribution in [0.2, 0.25) is 0 Å². The number of fused-ring (bicyclic) bond motifs is 1. The maximum Gasteiger partial charge on any atom is 1.00 e. The minimum Gasteiger partial charge on any atom is -0.541 e. The second kappa shape index (κ2) is 5.41. The van der Waals surface area contributed by atoms with Crippen LogP contribution in [0.3, 0.4) is 0 Å². The van der Waals surface area contributed by atoms with E-state index in [9.17, 15) is 14.7 Å². The Morgan fingerprint density at radius 1 is 1.41 bits per heavy atom. The van der Waals surface area contributed by atoms with Crippen molar-refractivity contribution in [2.24, 2.45) is 7.05 Å². The van der Waals surface area contributed by atoms with Gasteiger partial charge in [-0.25, -0.2) is 0 Å². The van der Waals surface area contributed by atoms with E-state index < -0.39 is 11.8 Å². The molecule has 2 heterocycles. The van der Waals surface area contributed by atoms with E-state index in [1.165, 1.54) is 6.20 Å². The van der Waals surface area contributed by atoms with Crippen molar-refractivity contribution >= 4 is 22.8 Å². The van der Waals surface area contributed by atoms with Crippen LogP contribution in [0, 0.1) is 6.92 Å². The van der Waals surface area contributed by atoms with Gasteiger partial charge in [0.2, 0.25) is 5.78 Å². The average Bonchev–Trinajstić information content (AvgIpc) is 2.56. The molecule has 2 aromatic heterocycles. The SMILES string of the molecule is Cc1ccnc2c(C(=O)C(=O)[O-])cn(C)c12.[K+]. The number of carboxylic acid groups (broad SMARTS) is 1. The molecule has 2 aromatic rings. The van der Waals surface area contributed by atoms with Gasteiger partial charge in [0, 0.05) is 19.4 Å². The van der Waals surface area contributed by atoms with Crippen LogP contribution in [0.25, 0.3) is 11.0 Å². The number of aromatic nitrogens is 2. The van der Waals surface area contributed by atoms with Gasteiger partial charge in [-0.3, -0.25) is 9.78 Å². The van der Waals surface area contributed by atoms with Gasteiger partial charge in [-0.05, 0) is 18.6 Å². The summed E-state index contributed by atoms with van der Waals surface area (Å²) in [5.74, 6) is -2.75. The predicted octanol–water partition coefficient (Wildman–Crippen LogP) is -3.18. The fourth-order valence-corrected chi connectivity index (χ4v) is 1.79. The minimum atomic E-state index is -1.71. The van der Waals surface area contributed by atoms with E-state index in [0.717, 1.165) is 11.1 Å². The number of hydrogen-bond donors (Lipinski definition) is 0. The van der Waals surface area contributed by atoms with Crippen LogP contribution >= 0.6 is 0 Å². The van der Waals surface area contributed by atoms with Gasteiger partial charge in [0.1, 0.15) is 5.97 Å². The number of rotatable bonds is 2. The van der Waals surface area contributed by atoms with Crippen molar-refractivity contribution in [3.8, 4) is 0 Å². The first-order chi connectivity index (χ1) is 7.52. The van der Waals surface area contributed by atoms with Gasteiger partial charge in [-0.1, -0.05) is 0 Å². The fraction of sp³-hybridized carbons (Fsp3) is 0.182. The van der Waals surface area contributed by atoms with Crippen molar-refractivity contribution < 1.29 is 66.1 Å². The van der Waals surface area contributed by atoms with Crippen LogP contribution in [0.15, 0.2) is 18.5 Å². The van der Waals surface area contributed by atoms with Crippen LogP contribution < -0.4 is 56.5 Å². The molecule has 0 aromatic carbocycles. The van der Waals surface area contributed by atoms with Crippen molar-refractivity contribution in [2.45, 2.75) is 6.92 Å². The van der Waals surface area contributed by atoms with E-state index in [1.807, 2.05) is 6.92 Å². The van der Waals surface area contributed by atoms with Gasteiger partial charge < -0.3 is 14.5 Å². The molecule has 17 heavy (non-hydrogen) atoms. The Bertz CT molecular complexity index is 604. The van der Waals surface area contributed by atoms with Crippen LogP contribution in [0.5, 0.6) is 0 Å². The Morgan fingerprint density at radius 2 is 2.06 bits per heavy atom. The predicted molar refractivity (Wildman–Crippen MR) is 54.8 cm³/mol. The number of nitrogens with zero attached hydrogens (tertiary/aromatic N) is 2. The van der Waals surface area contributed by atoms with Crippen LogP contribution in [-0.2, 0) is 11.8 Å². The first-order valence-electron chi connectivity index (χ1n) is 4.68. The zero-order valence-corrected chi connectivity index (χ0v) is 13.0. The molecule has 0 bridgehead atoms. The van der Waals surface area contributed by atoms with E-state index in [2.05, 4.69) is 4.98 Å². The summed E-state index contributed by atoms with van der Waals surface area (Å²) < 4.78 is 1.69. The second-order valence-electron chi connectivity index (χ2n) is 3.60. The molecule has 0 unspecified atom stereocenters. The van der Waals surface area contributed by atoms with E-state index in [1.54, 1.807) is 23.9 Å². The first kappa shape index (κ1) is 14.5. The van der Waals surface area contributed by atoms with Gasteiger partial charge >= 0.3 is 51.4 Å². The summed E-state index contributed by atoms with van der Waals surface area (Å²) in [5, 5.41) is 10.5. The van der Waals surface area contributed by atoms with Crippen molar-refractivity contribution in [1.82, 2.24) is 9.55 Å². The zero-order valence-electron chi connectivity index (χ0n) is 9.85. The normalized spacial score (nSPS) is 10.0. The van der Waals surface area contributed by atoms with Crippen molar-refractivity contribution in [1.29, 1.82) is 0 Å². The molecule has 6 heteroatoms. The largest absolute Gasteiger partial charge is 1.00 e. The van der Waals surface area contributed by atoms with Gasteiger partial charge in [0.05, 0.1) is 16.6 Å². The standard InChI is InChI=1S/C11H10N2O3.K/c1-6-3-4-12-8-7(10(14)11(15)16)5-13(2)9(6)8;/h3-5H,1-2H3,(H,15,16);/q;+1/p-1. The van der Waals surface area contributed by atoms with Gasteiger partial charge in [0.25, 0.3) is 0 Å². The fourth-order valence-electron chi connectivity index (χ4n) is 1.79. The molecule has 2 rings (SSSR count). The summed E-state index contributed by atoms with van der Waals surface area (Å²) >= 11 is 0. The molecular formula is C11H9KN2O3. The average molecular weight is 256 g/mol. The summed E-state index contributed by atoms with van der Waals surface area (Å²) in [7, 11) is 1.74. The summed E-state index contributed by atoms with van der Waals surface area (Å²) in [6.45, 7) is 1.87. The Kier molecular flexibility index (Phi) is 4.62. The topological polar surface area (TPSA) is 75.0 Å². The Labute approximate surface area is 140 Å². The van der Waals surface area contributed by atoms with E-state index in [0.29, 0.717) is 5.52 Å². The van der Waals surface area contributed by atoms with Crippen LogP contribution in [0.4, 0.5) is 0 Å². The molecular weight excluding hydrogens is 247 g/mol. The number of hydrogen-bond acceptors (Lipinski definition) is 4. The molecule has 0 atom stereocenters. The number of aryl methyl sites for hydroxylation is 2. The van der Waals surface area contributed by atoms with Crippen LogP contribution in [-0.4, -0.2) is 21.3 Å². The van der Waals surface area contributed by atoms with Gasteiger partial charge in [0.15, 0.2) is 0 Å². The number of Topliss-reactive ketones (excluding diaryl/α,β-unsaturated/α-hetero) is 1. The van der Waals surface area contributed by atoms with Crippen LogP contribution in [0.1, 0.15) is 15.9 Å². The molecule has 0 N–H and O–H groups in total. The summed E-state index contributed by atoms with van der Waals surface area (Å²) in [5.41, 5.74) is 2.16. The molecule has 82 valence electrons. The van der Waals surface area contributed by atoms with Crippen molar-refractivity contribution in [2.75, 3.05) is 0 Å². The molecule has 0 aliphatic heterocycles. The first-order valence-corrected chi connectivity index (χ1v) is 4.68. The van der Waals surface area contributed by atoms with Gasteiger partial charge in [-0.2, -0.15) is 0 Å². The third-order valence-corrected chi connectivity index (χ3v) is 2.49.